The fourth-order valence-electron chi connectivity index (χ4n) is 4.97. The van der Waals surface area contributed by atoms with Gasteiger partial charge in [-0.1, -0.05) is 108 Å². The lowest BCUT2D eigenvalue weighted by Crippen LogP contribution is -2.35. The van der Waals surface area contributed by atoms with E-state index < -0.39 is 6.04 Å². The molecule has 1 unspecified atom stereocenters. The van der Waals surface area contributed by atoms with Crippen molar-refractivity contribution < 1.29 is 9.18 Å². The van der Waals surface area contributed by atoms with E-state index in [1.54, 1.807) is 12.1 Å². The Morgan fingerprint density at radius 3 is 2.33 bits per heavy atom. The summed E-state index contributed by atoms with van der Waals surface area (Å²) in [5, 5.41) is 18.1. The van der Waals surface area contributed by atoms with Gasteiger partial charge in [0, 0.05) is 23.2 Å². The molecule has 6 rings (SSSR count). The third-order valence-corrected chi connectivity index (χ3v) is 8.17. The van der Waals surface area contributed by atoms with Crippen molar-refractivity contribution in [3.05, 3.63) is 150 Å². The van der Waals surface area contributed by atoms with Crippen LogP contribution < -0.4 is 10.6 Å². The first kappa shape index (κ1) is 28.2. The standard InChI is InChI=1S/C35H30FN5OS/c1-24-14-20-29(21-15-24)41-33(39-40-35(41)43-23-26-16-18-28(36)19-17-26)32(22-25-8-3-2-4-9-25)38-34(42)37-31-13-7-11-27-10-5-6-12-30(27)31/h2-21,32H,22-23H2,1H3,(H2,37,38,42). The number of anilines is 1. The van der Waals surface area contributed by atoms with Crippen LogP contribution in [0.15, 0.2) is 126 Å². The number of thioether (sulfide) groups is 1. The number of rotatable bonds is 9. The summed E-state index contributed by atoms with van der Waals surface area (Å²) in [5.74, 6) is 0.931. The van der Waals surface area contributed by atoms with Gasteiger partial charge in [-0.25, -0.2) is 9.18 Å². The molecule has 214 valence electrons. The lowest BCUT2D eigenvalue weighted by atomic mass is 10.1. The van der Waals surface area contributed by atoms with E-state index in [9.17, 15) is 9.18 Å². The molecule has 6 nitrogen and oxygen atoms in total. The Bertz CT molecular complexity index is 1830. The van der Waals surface area contributed by atoms with Gasteiger partial charge in [0.2, 0.25) is 0 Å². The second-order valence-electron chi connectivity index (χ2n) is 10.3. The second-order valence-corrected chi connectivity index (χ2v) is 11.2. The van der Waals surface area contributed by atoms with Crippen LogP contribution in [0.4, 0.5) is 14.9 Å². The number of fused-ring (bicyclic) bond motifs is 1. The molecule has 0 aliphatic heterocycles. The summed E-state index contributed by atoms with van der Waals surface area (Å²) in [7, 11) is 0. The monoisotopic (exact) mass is 587 g/mol. The minimum Gasteiger partial charge on any atom is -0.327 e. The average molecular weight is 588 g/mol. The molecule has 43 heavy (non-hydrogen) atoms. The molecule has 1 aromatic heterocycles. The lowest BCUT2D eigenvalue weighted by Gasteiger charge is -2.21. The Kier molecular flexibility index (Phi) is 8.47. The maximum absolute atomic E-state index is 13.6. The lowest BCUT2D eigenvalue weighted by molar-refractivity contribution is 0.247. The molecular formula is C35H30FN5OS. The Morgan fingerprint density at radius 2 is 1.53 bits per heavy atom. The van der Waals surface area contributed by atoms with Gasteiger partial charge in [-0.05, 0) is 53.8 Å². The predicted octanol–water partition coefficient (Wildman–Crippen LogP) is 8.27. The molecule has 1 atom stereocenters. The van der Waals surface area contributed by atoms with E-state index in [-0.39, 0.29) is 11.8 Å². The van der Waals surface area contributed by atoms with Crippen LogP contribution in [-0.4, -0.2) is 20.8 Å². The quantitative estimate of drug-likeness (QED) is 0.167. The first-order chi connectivity index (χ1) is 21.0. The molecule has 0 aliphatic rings. The molecular weight excluding hydrogens is 557 g/mol. The van der Waals surface area contributed by atoms with Crippen molar-refractivity contribution in [3.63, 3.8) is 0 Å². The highest BCUT2D eigenvalue weighted by Gasteiger charge is 2.25. The number of urea groups is 1. The molecule has 8 heteroatoms. The van der Waals surface area contributed by atoms with Crippen LogP contribution in [0.1, 0.15) is 28.6 Å². The van der Waals surface area contributed by atoms with E-state index in [4.69, 9.17) is 0 Å². The number of hydrogen-bond donors (Lipinski definition) is 2. The molecule has 5 aromatic carbocycles. The molecule has 1 heterocycles. The molecule has 0 saturated carbocycles. The maximum atomic E-state index is 13.6. The first-order valence-electron chi connectivity index (χ1n) is 14.0. The number of halogens is 1. The number of carbonyl (C=O) groups excluding carboxylic acids is 1. The summed E-state index contributed by atoms with van der Waals surface area (Å²) in [4.78, 5) is 13.6. The smallest absolute Gasteiger partial charge is 0.319 e. The third kappa shape index (κ3) is 6.76. The molecule has 0 saturated heterocycles. The summed E-state index contributed by atoms with van der Waals surface area (Å²) in [6.45, 7) is 2.04. The fraction of sp³-hybridized carbons (Fsp3) is 0.114. The zero-order valence-corrected chi connectivity index (χ0v) is 24.4. The predicted molar refractivity (Wildman–Crippen MR) is 171 cm³/mol. The summed E-state index contributed by atoms with van der Waals surface area (Å²) in [6.07, 6.45) is 0.510. The van der Waals surface area contributed by atoms with E-state index >= 15 is 0 Å². The zero-order valence-electron chi connectivity index (χ0n) is 23.6. The Hall–Kier alpha value is -4.95. The number of benzene rings is 5. The van der Waals surface area contributed by atoms with Gasteiger partial charge >= 0.3 is 6.03 Å². The number of amides is 2. The van der Waals surface area contributed by atoms with Crippen LogP contribution in [0.2, 0.25) is 0 Å². The molecule has 0 bridgehead atoms. The van der Waals surface area contributed by atoms with E-state index in [2.05, 4.69) is 20.8 Å². The van der Waals surface area contributed by atoms with Crippen LogP contribution in [0.3, 0.4) is 0 Å². The van der Waals surface area contributed by atoms with Crippen LogP contribution in [0, 0.1) is 12.7 Å². The minimum absolute atomic E-state index is 0.268. The van der Waals surface area contributed by atoms with Gasteiger partial charge in [-0.15, -0.1) is 10.2 Å². The molecule has 0 radical (unpaired) electrons. The molecule has 0 fully saturated rings. The molecule has 2 N–H and O–H groups in total. The van der Waals surface area contributed by atoms with Gasteiger partial charge in [-0.2, -0.15) is 0 Å². The van der Waals surface area contributed by atoms with E-state index in [1.165, 1.54) is 23.9 Å². The Balaban J connectivity index is 1.35. The second kappa shape index (κ2) is 12.9. The van der Waals surface area contributed by atoms with Crippen molar-refractivity contribution in [1.82, 2.24) is 20.1 Å². The average Bonchev–Trinajstić information content (AvgIpc) is 3.45. The highest BCUT2D eigenvalue weighted by atomic mass is 32.2. The molecule has 0 spiro atoms. The van der Waals surface area contributed by atoms with Gasteiger partial charge in [0.05, 0.1) is 11.7 Å². The van der Waals surface area contributed by atoms with Crippen LogP contribution in [0.25, 0.3) is 16.5 Å². The van der Waals surface area contributed by atoms with Crippen molar-refractivity contribution in [2.45, 2.75) is 30.3 Å². The summed E-state index contributed by atoms with van der Waals surface area (Å²) in [5.41, 5.74) is 4.77. The van der Waals surface area contributed by atoms with Crippen molar-refractivity contribution in [1.29, 1.82) is 0 Å². The van der Waals surface area contributed by atoms with E-state index in [0.29, 0.717) is 23.2 Å². The van der Waals surface area contributed by atoms with Crippen molar-refractivity contribution in [3.8, 4) is 5.69 Å². The number of aromatic nitrogens is 3. The van der Waals surface area contributed by atoms with Crippen molar-refractivity contribution in [2.75, 3.05) is 5.32 Å². The van der Waals surface area contributed by atoms with Gasteiger partial charge < -0.3 is 10.6 Å². The maximum Gasteiger partial charge on any atom is 0.319 e. The topological polar surface area (TPSA) is 71.8 Å². The van der Waals surface area contributed by atoms with E-state index in [0.717, 1.165) is 38.8 Å². The SMILES string of the molecule is Cc1ccc(-n2c(SCc3ccc(F)cc3)nnc2C(Cc2ccccc2)NC(=O)Nc2cccc3ccccc23)cc1. The van der Waals surface area contributed by atoms with Gasteiger partial charge in [0.1, 0.15) is 5.82 Å². The number of hydrogen-bond acceptors (Lipinski definition) is 4. The Labute approximate surface area is 254 Å². The number of nitrogens with zero attached hydrogens (tertiary/aromatic N) is 3. The first-order valence-corrected chi connectivity index (χ1v) is 15.0. The minimum atomic E-state index is -0.494. The number of aryl methyl sites for hydroxylation is 1. The van der Waals surface area contributed by atoms with Crippen LogP contribution in [-0.2, 0) is 12.2 Å². The fourth-order valence-corrected chi connectivity index (χ4v) is 5.89. The van der Waals surface area contributed by atoms with Gasteiger partial charge in [-0.3, -0.25) is 4.57 Å². The summed E-state index contributed by atoms with van der Waals surface area (Å²) in [6, 6.07) is 37.6. The summed E-state index contributed by atoms with van der Waals surface area (Å²) >= 11 is 1.51. The normalized spacial score (nSPS) is 11.8. The largest absolute Gasteiger partial charge is 0.327 e. The highest BCUT2D eigenvalue weighted by molar-refractivity contribution is 7.98. The molecule has 0 aliphatic carbocycles. The highest BCUT2D eigenvalue weighted by Crippen LogP contribution is 2.30. The number of nitrogens with one attached hydrogen (secondary N) is 2. The number of carbonyl (C=O) groups is 1. The third-order valence-electron chi connectivity index (χ3n) is 7.17. The van der Waals surface area contributed by atoms with Gasteiger partial charge in [0.25, 0.3) is 0 Å². The van der Waals surface area contributed by atoms with Gasteiger partial charge in [0.15, 0.2) is 11.0 Å². The van der Waals surface area contributed by atoms with Crippen molar-refractivity contribution >= 4 is 34.3 Å². The molecule has 6 aromatic rings. The zero-order chi connectivity index (χ0) is 29.6. The van der Waals surface area contributed by atoms with Crippen LogP contribution >= 0.6 is 11.8 Å². The Morgan fingerprint density at radius 1 is 0.814 bits per heavy atom. The van der Waals surface area contributed by atoms with Crippen LogP contribution in [0.5, 0.6) is 0 Å². The van der Waals surface area contributed by atoms with Crippen molar-refractivity contribution in [2.24, 2.45) is 0 Å². The van der Waals surface area contributed by atoms with E-state index in [1.807, 2.05) is 109 Å². The molecule has 2 amide bonds. The summed E-state index contributed by atoms with van der Waals surface area (Å²) < 4.78 is 15.5.